The smallest absolute Gasteiger partial charge is 0.311 e. The first kappa shape index (κ1) is 10.9. The van der Waals surface area contributed by atoms with Crippen LogP contribution in [0.5, 0.6) is 0 Å². The summed E-state index contributed by atoms with van der Waals surface area (Å²) in [7, 11) is 0. The minimum Gasteiger partial charge on any atom is -0.466 e. The third-order valence-electron chi connectivity index (χ3n) is 1.33. The van der Waals surface area contributed by atoms with Gasteiger partial charge in [-0.3, -0.25) is 4.79 Å². The van der Waals surface area contributed by atoms with Gasteiger partial charge in [-0.1, -0.05) is 18.5 Å². The van der Waals surface area contributed by atoms with E-state index in [1.807, 2.05) is 6.92 Å². The molecule has 0 aromatic carbocycles. The Hall–Kier alpha value is -1.06. The highest BCUT2D eigenvalue weighted by atomic mass is 16.5. The average Bonchev–Trinajstić information content (AvgIpc) is 2.04. The topological polar surface area (TPSA) is 58.9 Å². The second-order valence-corrected chi connectivity index (χ2v) is 2.40. The van der Waals surface area contributed by atoms with Crippen molar-refractivity contribution >= 4 is 11.7 Å². The molecule has 0 aromatic rings. The molecular formula is C8H15NO3. The monoisotopic (exact) mass is 173 g/mol. The van der Waals surface area contributed by atoms with Crippen LogP contribution in [0.4, 0.5) is 0 Å². The van der Waals surface area contributed by atoms with Gasteiger partial charge in [0.25, 0.3) is 0 Å². The van der Waals surface area contributed by atoms with E-state index < -0.39 is 0 Å². The Morgan fingerprint density at radius 1 is 1.50 bits per heavy atom. The fourth-order valence-electron chi connectivity index (χ4n) is 0.841. The zero-order valence-corrected chi connectivity index (χ0v) is 7.54. The summed E-state index contributed by atoms with van der Waals surface area (Å²) in [4.78, 5) is 10.9. The summed E-state index contributed by atoms with van der Waals surface area (Å²) in [5.41, 5.74) is 0.482. The van der Waals surface area contributed by atoms with Crippen molar-refractivity contribution in [1.82, 2.24) is 0 Å². The van der Waals surface area contributed by atoms with Crippen molar-refractivity contribution in [2.75, 3.05) is 6.61 Å². The second-order valence-electron chi connectivity index (χ2n) is 2.40. The molecule has 0 atom stereocenters. The molecule has 0 rings (SSSR count). The van der Waals surface area contributed by atoms with Crippen LogP contribution in [0.2, 0.25) is 0 Å². The van der Waals surface area contributed by atoms with Crippen molar-refractivity contribution in [3.8, 4) is 0 Å². The van der Waals surface area contributed by atoms with Gasteiger partial charge in [0.2, 0.25) is 0 Å². The van der Waals surface area contributed by atoms with E-state index in [1.54, 1.807) is 6.92 Å². The Labute approximate surface area is 72.2 Å². The molecule has 1 N–H and O–H groups in total. The van der Waals surface area contributed by atoms with Gasteiger partial charge in [-0.15, -0.1) is 0 Å². The number of oxime groups is 1. The molecule has 0 aliphatic heterocycles. The van der Waals surface area contributed by atoms with Gasteiger partial charge in [0.15, 0.2) is 0 Å². The van der Waals surface area contributed by atoms with E-state index in [-0.39, 0.29) is 12.4 Å². The maximum Gasteiger partial charge on any atom is 0.311 e. The number of esters is 1. The van der Waals surface area contributed by atoms with Crippen LogP contribution in [0.15, 0.2) is 5.16 Å². The molecule has 0 aromatic heterocycles. The number of hydrogen-bond acceptors (Lipinski definition) is 4. The normalized spacial score (nSPS) is 11.3. The van der Waals surface area contributed by atoms with Crippen LogP contribution < -0.4 is 0 Å². The van der Waals surface area contributed by atoms with E-state index in [9.17, 15) is 4.79 Å². The highest BCUT2D eigenvalue weighted by molar-refractivity contribution is 5.98. The molecular weight excluding hydrogens is 158 g/mol. The summed E-state index contributed by atoms with van der Waals surface area (Å²) in [5.74, 6) is -0.334. The van der Waals surface area contributed by atoms with Crippen molar-refractivity contribution in [2.24, 2.45) is 5.16 Å². The molecule has 0 saturated heterocycles. The lowest BCUT2D eigenvalue weighted by molar-refractivity contribution is -0.141. The zero-order chi connectivity index (χ0) is 9.40. The molecule has 12 heavy (non-hydrogen) atoms. The van der Waals surface area contributed by atoms with Gasteiger partial charge in [0.1, 0.15) is 0 Å². The third kappa shape index (κ3) is 4.71. The fraction of sp³-hybridized carbons (Fsp3) is 0.750. The molecule has 0 radical (unpaired) electrons. The van der Waals surface area contributed by atoms with Gasteiger partial charge in [0, 0.05) is 0 Å². The standard InChI is InChI=1S/C8H15NO3/c1-3-5-7(9-11)6-8(10)12-4-2/h11H,3-6H2,1-2H3. The van der Waals surface area contributed by atoms with E-state index in [0.29, 0.717) is 18.7 Å². The molecule has 0 spiro atoms. The van der Waals surface area contributed by atoms with Gasteiger partial charge in [-0.2, -0.15) is 0 Å². The molecule has 0 amide bonds. The molecule has 70 valence electrons. The van der Waals surface area contributed by atoms with Gasteiger partial charge >= 0.3 is 5.97 Å². The van der Waals surface area contributed by atoms with E-state index in [4.69, 9.17) is 5.21 Å². The van der Waals surface area contributed by atoms with Crippen LogP contribution in [0, 0.1) is 0 Å². The number of ether oxygens (including phenoxy) is 1. The summed E-state index contributed by atoms with van der Waals surface area (Å²) >= 11 is 0. The van der Waals surface area contributed by atoms with Gasteiger partial charge < -0.3 is 9.94 Å². The molecule has 0 aliphatic carbocycles. The minimum atomic E-state index is -0.334. The highest BCUT2D eigenvalue weighted by Crippen LogP contribution is 1.98. The second kappa shape index (κ2) is 6.64. The van der Waals surface area contributed by atoms with Crippen LogP contribution in [0.3, 0.4) is 0 Å². The van der Waals surface area contributed by atoms with Crippen LogP contribution in [-0.2, 0) is 9.53 Å². The maximum absolute atomic E-state index is 10.9. The van der Waals surface area contributed by atoms with Crippen LogP contribution in [0.1, 0.15) is 33.1 Å². The van der Waals surface area contributed by atoms with Crippen molar-refractivity contribution in [3.63, 3.8) is 0 Å². The number of carbonyl (C=O) groups is 1. The largest absolute Gasteiger partial charge is 0.466 e. The van der Waals surface area contributed by atoms with Gasteiger partial charge in [0.05, 0.1) is 18.7 Å². The Morgan fingerprint density at radius 3 is 2.58 bits per heavy atom. The molecule has 0 fully saturated rings. The SMILES string of the molecule is CCCC(CC(=O)OCC)=NO. The quantitative estimate of drug-likeness (QED) is 0.297. The number of carbonyl (C=O) groups excluding carboxylic acids is 1. The van der Waals surface area contributed by atoms with Crippen molar-refractivity contribution in [3.05, 3.63) is 0 Å². The first-order valence-electron chi connectivity index (χ1n) is 4.10. The summed E-state index contributed by atoms with van der Waals surface area (Å²) < 4.78 is 4.69. The molecule has 4 nitrogen and oxygen atoms in total. The Kier molecular flexibility index (Phi) is 6.05. The Morgan fingerprint density at radius 2 is 2.17 bits per heavy atom. The van der Waals surface area contributed by atoms with Crippen molar-refractivity contribution < 1.29 is 14.7 Å². The molecule has 0 bridgehead atoms. The maximum atomic E-state index is 10.9. The number of hydrogen-bond donors (Lipinski definition) is 1. The summed E-state index contributed by atoms with van der Waals surface area (Å²) in [6.45, 7) is 4.06. The van der Waals surface area contributed by atoms with E-state index in [2.05, 4.69) is 9.89 Å². The number of rotatable bonds is 5. The fourth-order valence-corrected chi connectivity index (χ4v) is 0.841. The Balaban J connectivity index is 3.78. The first-order valence-corrected chi connectivity index (χ1v) is 4.10. The van der Waals surface area contributed by atoms with Crippen molar-refractivity contribution in [2.45, 2.75) is 33.1 Å². The molecule has 0 heterocycles. The average molecular weight is 173 g/mol. The van der Waals surface area contributed by atoms with Crippen LogP contribution in [0.25, 0.3) is 0 Å². The van der Waals surface area contributed by atoms with E-state index >= 15 is 0 Å². The third-order valence-corrected chi connectivity index (χ3v) is 1.33. The van der Waals surface area contributed by atoms with E-state index in [0.717, 1.165) is 6.42 Å². The Bertz CT molecular complexity index is 166. The minimum absolute atomic E-state index is 0.0954. The van der Waals surface area contributed by atoms with Crippen LogP contribution in [-0.4, -0.2) is 23.5 Å². The van der Waals surface area contributed by atoms with Gasteiger partial charge in [-0.05, 0) is 13.3 Å². The molecule has 0 unspecified atom stereocenters. The summed E-state index contributed by atoms with van der Waals surface area (Å²) in [6, 6.07) is 0. The number of nitrogens with zero attached hydrogens (tertiary/aromatic N) is 1. The summed E-state index contributed by atoms with van der Waals surface area (Å²) in [5, 5.41) is 11.5. The predicted molar refractivity (Wildman–Crippen MR) is 45.4 cm³/mol. The zero-order valence-electron chi connectivity index (χ0n) is 7.54. The highest BCUT2D eigenvalue weighted by Gasteiger charge is 2.07. The van der Waals surface area contributed by atoms with Crippen LogP contribution >= 0.6 is 0 Å². The molecule has 4 heteroatoms. The molecule has 0 aliphatic rings. The summed E-state index contributed by atoms with van der Waals surface area (Å²) in [6.07, 6.45) is 1.59. The van der Waals surface area contributed by atoms with Gasteiger partial charge in [-0.25, -0.2) is 0 Å². The lowest BCUT2D eigenvalue weighted by atomic mass is 10.2. The lowest BCUT2D eigenvalue weighted by Crippen LogP contribution is -2.11. The molecule has 0 saturated carbocycles. The lowest BCUT2D eigenvalue weighted by Gasteiger charge is -2.01. The van der Waals surface area contributed by atoms with E-state index in [1.165, 1.54) is 0 Å². The van der Waals surface area contributed by atoms with Crippen molar-refractivity contribution in [1.29, 1.82) is 0 Å². The first-order chi connectivity index (χ1) is 5.74. The predicted octanol–water partition coefficient (Wildman–Crippen LogP) is 1.57.